The van der Waals surface area contributed by atoms with Gasteiger partial charge in [-0.2, -0.15) is 5.26 Å². The lowest BCUT2D eigenvalue weighted by Crippen LogP contribution is -2.53. The highest BCUT2D eigenvalue weighted by Gasteiger charge is 2.28. The minimum absolute atomic E-state index is 0.235. The van der Waals surface area contributed by atoms with E-state index >= 15 is 0 Å². The molecule has 7 heteroatoms. The predicted octanol–water partition coefficient (Wildman–Crippen LogP) is 1.26. The molecule has 0 bridgehead atoms. The Morgan fingerprint density at radius 3 is 2.94 bits per heavy atom. The molecule has 1 aliphatic heterocycles. The molecule has 0 aliphatic carbocycles. The number of aromatic amines is 1. The van der Waals surface area contributed by atoms with Crippen LogP contribution in [-0.4, -0.2) is 41.5 Å². The van der Waals surface area contributed by atoms with Gasteiger partial charge in [-0.1, -0.05) is 23.2 Å². The van der Waals surface area contributed by atoms with Gasteiger partial charge in [-0.25, -0.2) is 0 Å². The molecular formula is C10H10Cl2N4O. The predicted molar refractivity (Wildman–Crippen MR) is 64.1 cm³/mol. The average molecular weight is 273 g/mol. The molecule has 1 aromatic rings. The summed E-state index contributed by atoms with van der Waals surface area (Å²) in [5.74, 6) is -0.258. The molecule has 90 valence electrons. The Morgan fingerprint density at radius 1 is 1.59 bits per heavy atom. The molecule has 1 atom stereocenters. The first kappa shape index (κ1) is 12.2. The van der Waals surface area contributed by atoms with E-state index in [1.165, 1.54) is 11.0 Å². The number of H-pyrrole nitrogens is 1. The average Bonchev–Trinajstić information content (AvgIpc) is 2.68. The Morgan fingerprint density at radius 2 is 2.35 bits per heavy atom. The van der Waals surface area contributed by atoms with Crippen LogP contribution in [0.2, 0.25) is 10.2 Å². The van der Waals surface area contributed by atoms with E-state index in [-0.39, 0.29) is 11.1 Å². The van der Waals surface area contributed by atoms with Gasteiger partial charge in [-0.15, -0.1) is 0 Å². The maximum atomic E-state index is 12.1. The number of hydrogen-bond donors (Lipinski definition) is 2. The van der Waals surface area contributed by atoms with Gasteiger partial charge in [0.05, 0.1) is 11.1 Å². The van der Waals surface area contributed by atoms with Gasteiger partial charge in [0.15, 0.2) is 0 Å². The highest BCUT2D eigenvalue weighted by atomic mass is 35.5. The van der Waals surface area contributed by atoms with Crippen LogP contribution in [-0.2, 0) is 0 Å². The lowest BCUT2D eigenvalue weighted by molar-refractivity contribution is 0.0682. The molecule has 17 heavy (non-hydrogen) atoms. The minimum atomic E-state index is -0.461. The molecule has 0 aromatic carbocycles. The summed E-state index contributed by atoms with van der Waals surface area (Å²) in [6.45, 7) is 1.64. The maximum Gasteiger partial charge on any atom is 0.271 e. The van der Waals surface area contributed by atoms with Crippen molar-refractivity contribution in [3.05, 3.63) is 21.9 Å². The number of piperazine rings is 1. The molecule has 1 unspecified atom stereocenters. The Bertz CT molecular complexity index is 460. The van der Waals surface area contributed by atoms with Gasteiger partial charge >= 0.3 is 0 Å². The lowest BCUT2D eigenvalue weighted by Gasteiger charge is -2.31. The van der Waals surface area contributed by atoms with E-state index in [2.05, 4.69) is 16.4 Å². The van der Waals surface area contributed by atoms with Crippen molar-refractivity contribution >= 4 is 29.1 Å². The third kappa shape index (κ3) is 2.39. The second-order valence-electron chi connectivity index (χ2n) is 3.69. The van der Waals surface area contributed by atoms with Gasteiger partial charge in [0.1, 0.15) is 16.9 Å². The number of rotatable bonds is 1. The topological polar surface area (TPSA) is 71.9 Å². The SMILES string of the molecule is N#CC1CNCCN1C(=O)c1cc(Cl)c(Cl)[nH]1. The molecule has 1 fully saturated rings. The van der Waals surface area contributed by atoms with Gasteiger partial charge in [0.25, 0.3) is 5.91 Å². The molecule has 2 heterocycles. The molecule has 0 spiro atoms. The van der Waals surface area contributed by atoms with Crippen molar-refractivity contribution in [3.8, 4) is 6.07 Å². The largest absolute Gasteiger partial charge is 0.340 e. The summed E-state index contributed by atoms with van der Waals surface area (Å²) in [6, 6.07) is 3.10. The summed E-state index contributed by atoms with van der Waals surface area (Å²) >= 11 is 11.5. The summed E-state index contributed by atoms with van der Waals surface area (Å²) in [4.78, 5) is 16.3. The highest BCUT2D eigenvalue weighted by molar-refractivity contribution is 6.41. The van der Waals surface area contributed by atoms with Crippen LogP contribution in [0.1, 0.15) is 10.5 Å². The highest BCUT2D eigenvalue weighted by Crippen LogP contribution is 2.23. The lowest BCUT2D eigenvalue weighted by atomic mass is 10.2. The van der Waals surface area contributed by atoms with Crippen LogP contribution in [0.25, 0.3) is 0 Å². The first-order valence-corrected chi connectivity index (χ1v) is 5.84. The molecule has 5 nitrogen and oxygen atoms in total. The van der Waals surface area contributed by atoms with E-state index in [0.29, 0.717) is 30.4 Å². The van der Waals surface area contributed by atoms with Crippen molar-refractivity contribution in [2.24, 2.45) is 0 Å². The number of nitrogens with zero attached hydrogens (tertiary/aromatic N) is 2. The summed E-state index contributed by atoms with van der Waals surface area (Å²) < 4.78 is 0. The molecule has 1 amide bonds. The monoisotopic (exact) mass is 272 g/mol. The Balaban J connectivity index is 2.21. The summed E-state index contributed by atoms with van der Waals surface area (Å²) in [5, 5.41) is 12.6. The standard InChI is InChI=1S/C10H10Cl2N4O/c11-7-3-8(15-9(7)12)10(17)16-2-1-14-5-6(16)4-13/h3,6,14-15H,1-2,5H2. The summed E-state index contributed by atoms with van der Waals surface area (Å²) in [6.07, 6.45) is 0. The van der Waals surface area contributed by atoms with E-state index in [9.17, 15) is 4.79 Å². The fourth-order valence-electron chi connectivity index (χ4n) is 1.74. The van der Waals surface area contributed by atoms with Crippen LogP contribution in [0.4, 0.5) is 0 Å². The Labute approximate surface area is 108 Å². The quantitative estimate of drug-likeness (QED) is 0.809. The fourth-order valence-corrected chi connectivity index (χ4v) is 2.05. The second-order valence-corrected chi connectivity index (χ2v) is 4.48. The first-order valence-electron chi connectivity index (χ1n) is 5.09. The number of nitrogens with one attached hydrogen (secondary N) is 2. The van der Waals surface area contributed by atoms with E-state index < -0.39 is 6.04 Å². The molecule has 1 saturated heterocycles. The zero-order valence-corrected chi connectivity index (χ0v) is 10.3. The first-order chi connectivity index (χ1) is 8.13. The number of aromatic nitrogens is 1. The van der Waals surface area contributed by atoms with Gasteiger partial charge in [-0.05, 0) is 6.07 Å². The van der Waals surface area contributed by atoms with Crippen LogP contribution >= 0.6 is 23.2 Å². The van der Waals surface area contributed by atoms with Crippen molar-refractivity contribution in [1.29, 1.82) is 5.26 Å². The zero-order valence-electron chi connectivity index (χ0n) is 8.83. The van der Waals surface area contributed by atoms with Gasteiger partial charge in [0, 0.05) is 19.6 Å². The van der Waals surface area contributed by atoms with Crippen LogP contribution < -0.4 is 5.32 Å². The van der Waals surface area contributed by atoms with E-state index in [4.69, 9.17) is 28.5 Å². The molecule has 0 saturated carbocycles. The molecular weight excluding hydrogens is 263 g/mol. The third-order valence-electron chi connectivity index (χ3n) is 2.61. The maximum absolute atomic E-state index is 12.1. The molecule has 2 N–H and O–H groups in total. The molecule has 2 rings (SSSR count). The molecule has 1 aromatic heterocycles. The second kappa shape index (κ2) is 4.96. The smallest absolute Gasteiger partial charge is 0.271 e. The third-order valence-corrected chi connectivity index (χ3v) is 3.30. The molecule has 1 aliphatic rings. The normalized spacial score (nSPS) is 20.1. The number of carbonyl (C=O) groups excluding carboxylic acids is 1. The van der Waals surface area contributed by atoms with Gasteiger partial charge < -0.3 is 15.2 Å². The van der Waals surface area contributed by atoms with Crippen LogP contribution in [0.15, 0.2) is 6.07 Å². The summed E-state index contributed by atoms with van der Waals surface area (Å²) in [7, 11) is 0. The van der Waals surface area contributed by atoms with Gasteiger partial charge in [0.2, 0.25) is 0 Å². The number of hydrogen-bond acceptors (Lipinski definition) is 3. The van der Waals surface area contributed by atoms with Crippen molar-refractivity contribution in [3.63, 3.8) is 0 Å². The van der Waals surface area contributed by atoms with Crippen molar-refractivity contribution in [2.75, 3.05) is 19.6 Å². The fraction of sp³-hybridized carbons (Fsp3) is 0.400. The van der Waals surface area contributed by atoms with E-state index in [1.54, 1.807) is 0 Å². The number of carbonyl (C=O) groups is 1. The van der Waals surface area contributed by atoms with Crippen molar-refractivity contribution < 1.29 is 4.79 Å². The zero-order chi connectivity index (χ0) is 12.4. The van der Waals surface area contributed by atoms with E-state index in [1.807, 2.05) is 0 Å². The number of halogens is 2. The van der Waals surface area contributed by atoms with Gasteiger partial charge in [-0.3, -0.25) is 4.79 Å². The Hall–Kier alpha value is -1.22. The Kier molecular flexibility index (Phi) is 3.57. The minimum Gasteiger partial charge on any atom is -0.340 e. The number of amides is 1. The number of nitriles is 1. The van der Waals surface area contributed by atoms with Crippen molar-refractivity contribution in [2.45, 2.75) is 6.04 Å². The van der Waals surface area contributed by atoms with E-state index in [0.717, 1.165) is 0 Å². The molecule has 0 radical (unpaired) electrons. The van der Waals surface area contributed by atoms with Crippen molar-refractivity contribution in [1.82, 2.24) is 15.2 Å². The van der Waals surface area contributed by atoms with Crippen LogP contribution in [0, 0.1) is 11.3 Å². The van der Waals surface area contributed by atoms with Crippen LogP contribution in [0.3, 0.4) is 0 Å². The van der Waals surface area contributed by atoms with Crippen LogP contribution in [0.5, 0.6) is 0 Å². The summed E-state index contributed by atoms with van der Waals surface area (Å²) in [5.41, 5.74) is 0.308.